The van der Waals surface area contributed by atoms with Crippen molar-refractivity contribution >= 4 is 28.3 Å². The lowest BCUT2D eigenvalue weighted by Gasteiger charge is -2.10. The Morgan fingerprint density at radius 1 is 1.10 bits per heavy atom. The topological polar surface area (TPSA) is 71.1 Å². The minimum Gasteiger partial charge on any atom is -0.356 e. The molecule has 1 aromatic heterocycles. The number of amides is 2. The number of hydrogen-bond donors (Lipinski definition) is 2. The SMILES string of the molecule is CCCCCCCCNC(=O)C1CCc2sc(NC(=O)c3ccc(C)cc3)nc21. The van der Waals surface area contributed by atoms with Crippen molar-refractivity contribution in [2.24, 2.45) is 0 Å². The molecule has 3 rings (SSSR count). The van der Waals surface area contributed by atoms with E-state index in [1.807, 2.05) is 31.2 Å². The second-order valence-electron chi connectivity index (χ2n) is 7.80. The van der Waals surface area contributed by atoms with Crippen LogP contribution in [-0.2, 0) is 11.2 Å². The largest absolute Gasteiger partial charge is 0.356 e. The molecule has 0 saturated heterocycles. The normalized spacial score (nSPS) is 15.2. The maximum absolute atomic E-state index is 12.6. The van der Waals surface area contributed by atoms with E-state index in [2.05, 4.69) is 22.5 Å². The monoisotopic (exact) mass is 413 g/mol. The van der Waals surface area contributed by atoms with Crippen molar-refractivity contribution in [1.82, 2.24) is 10.3 Å². The van der Waals surface area contributed by atoms with E-state index in [9.17, 15) is 9.59 Å². The Bertz CT molecular complexity index is 829. The smallest absolute Gasteiger partial charge is 0.257 e. The highest BCUT2D eigenvalue weighted by Gasteiger charge is 2.32. The molecule has 0 saturated carbocycles. The van der Waals surface area contributed by atoms with Crippen molar-refractivity contribution in [1.29, 1.82) is 0 Å². The summed E-state index contributed by atoms with van der Waals surface area (Å²) in [5, 5.41) is 6.53. The van der Waals surface area contributed by atoms with Crippen LogP contribution in [0.2, 0.25) is 0 Å². The van der Waals surface area contributed by atoms with Gasteiger partial charge in [-0.25, -0.2) is 4.98 Å². The highest BCUT2D eigenvalue weighted by atomic mass is 32.1. The molecule has 0 spiro atoms. The van der Waals surface area contributed by atoms with E-state index in [0.29, 0.717) is 10.7 Å². The lowest BCUT2D eigenvalue weighted by molar-refractivity contribution is -0.122. The number of anilines is 1. The number of benzene rings is 1. The van der Waals surface area contributed by atoms with Crippen LogP contribution in [0.3, 0.4) is 0 Å². The van der Waals surface area contributed by atoms with E-state index in [1.165, 1.54) is 43.4 Å². The zero-order valence-corrected chi connectivity index (χ0v) is 18.2. The zero-order chi connectivity index (χ0) is 20.6. The number of aryl methyl sites for hydroxylation is 2. The first kappa shape index (κ1) is 21.5. The molecule has 0 radical (unpaired) electrons. The van der Waals surface area contributed by atoms with E-state index in [4.69, 9.17) is 0 Å². The number of thiazole rings is 1. The molecule has 1 aromatic carbocycles. The van der Waals surface area contributed by atoms with Gasteiger partial charge in [0.1, 0.15) is 0 Å². The molecule has 0 bridgehead atoms. The van der Waals surface area contributed by atoms with Crippen molar-refractivity contribution in [3.8, 4) is 0 Å². The van der Waals surface area contributed by atoms with Gasteiger partial charge in [0.05, 0.1) is 11.6 Å². The molecule has 0 fully saturated rings. The molecule has 29 heavy (non-hydrogen) atoms. The molecule has 6 heteroatoms. The van der Waals surface area contributed by atoms with Crippen molar-refractivity contribution in [2.45, 2.75) is 71.1 Å². The summed E-state index contributed by atoms with van der Waals surface area (Å²) in [6.07, 6.45) is 8.93. The first-order chi connectivity index (χ1) is 14.1. The number of fused-ring (bicyclic) bond motifs is 1. The third kappa shape index (κ3) is 5.89. The maximum Gasteiger partial charge on any atom is 0.257 e. The Hall–Kier alpha value is -2.21. The number of nitrogens with one attached hydrogen (secondary N) is 2. The van der Waals surface area contributed by atoms with Crippen LogP contribution < -0.4 is 10.6 Å². The molecule has 1 heterocycles. The molecule has 0 aliphatic heterocycles. The first-order valence-electron chi connectivity index (χ1n) is 10.7. The number of unbranched alkanes of at least 4 members (excludes halogenated alkanes) is 5. The second-order valence-corrected chi connectivity index (χ2v) is 8.88. The van der Waals surface area contributed by atoms with Gasteiger partial charge in [0.15, 0.2) is 5.13 Å². The molecular formula is C23H31N3O2S. The molecular weight excluding hydrogens is 382 g/mol. The van der Waals surface area contributed by atoms with Gasteiger partial charge >= 0.3 is 0 Å². The van der Waals surface area contributed by atoms with Gasteiger partial charge in [0.25, 0.3) is 5.91 Å². The predicted molar refractivity (Wildman–Crippen MR) is 119 cm³/mol. The van der Waals surface area contributed by atoms with Gasteiger partial charge in [-0.1, -0.05) is 56.7 Å². The number of nitrogens with zero attached hydrogens (tertiary/aromatic N) is 1. The van der Waals surface area contributed by atoms with Gasteiger partial charge in [-0.05, 0) is 38.3 Å². The average molecular weight is 414 g/mol. The Morgan fingerprint density at radius 2 is 1.83 bits per heavy atom. The standard InChI is InChI=1S/C23H31N3O2S/c1-3-4-5-6-7-8-15-24-22(28)18-13-14-19-20(18)25-23(29-19)26-21(27)17-11-9-16(2)10-12-17/h9-12,18H,3-8,13-15H2,1-2H3,(H,24,28)(H,25,26,27). The average Bonchev–Trinajstić information content (AvgIpc) is 3.27. The van der Waals surface area contributed by atoms with Crippen molar-refractivity contribution in [3.63, 3.8) is 0 Å². The molecule has 1 aliphatic rings. The number of carbonyl (C=O) groups excluding carboxylic acids is 2. The summed E-state index contributed by atoms with van der Waals surface area (Å²) in [6.45, 7) is 4.94. The number of carbonyl (C=O) groups is 2. The summed E-state index contributed by atoms with van der Waals surface area (Å²) < 4.78 is 0. The van der Waals surface area contributed by atoms with Crippen LogP contribution in [-0.4, -0.2) is 23.3 Å². The van der Waals surface area contributed by atoms with Crippen LogP contribution in [0.25, 0.3) is 0 Å². The van der Waals surface area contributed by atoms with Crippen LogP contribution in [0.4, 0.5) is 5.13 Å². The Morgan fingerprint density at radius 3 is 2.59 bits per heavy atom. The lowest BCUT2D eigenvalue weighted by atomic mass is 10.1. The van der Waals surface area contributed by atoms with Gasteiger partial charge in [-0.15, -0.1) is 11.3 Å². The van der Waals surface area contributed by atoms with Gasteiger partial charge in [0, 0.05) is 17.0 Å². The Labute approximate surface area is 177 Å². The fraction of sp³-hybridized carbons (Fsp3) is 0.522. The highest BCUT2D eigenvalue weighted by molar-refractivity contribution is 7.16. The fourth-order valence-corrected chi connectivity index (χ4v) is 4.68. The van der Waals surface area contributed by atoms with Crippen molar-refractivity contribution in [2.75, 3.05) is 11.9 Å². The van der Waals surface area contributed by atoms with Crippen LogP contribution in [0.15, 0.2) is 24.3 Å². The van der Waals surface area contributed by atoms with Crippen molar-refractivity contribution < 1.29 is 9.59 Å². The van der Waals surface area contributed by atoms with E-state index < -0.39 is 0 Å². The number of hydrogen-bond acceptors (Lipinski definition) is 4. The molecule has 5 nitrogen and oxygen atoms in total. The van der Waals surface area contributed by atoms with E-state index in [-0.39, 0.29) is 17.7 Å². The third-order valence-corrected chi connectivity index (χ3v) is 6.44. The van der Waals surface area contributed by atoms with E-state index >= 15 is 0 Å². The quantitative estimate of drug-likeness (QED) is 0.525. The van der Waals surface area contributed by atoms with Gasteiger partial charge in [0.2, 0.25) is 5.91 Å². The van der Waals surface area contributed by atoms with Crippen molar-refractivity contribution in [3.05, 3.63) is 46.0 Å². The lowest BCUT2D eigenvalue weighted by Crippen LogP contribution is -2.29. The zero-order valence-electron chi connectivity index (χ0n) is 17.4. The van der Waals surface area contributed by atoms with Crippen LogP contribution in [0.1, 0.15) is 84.3 Å². The van der Waals surface area contributed by atoms with Gasteiger partial charge in [-0.2, -0.15) is 0 Å². The summed E-state index contributed by atoms with van der Waals surface area (Å²) >= 11 is 1.49. The van der Waals surface area contributed by atoms with E-state index in [1.54, 1.807) is 0 Å². The minimum absolute atomic E-state index is 0.0685. The van der Waals surface area contributed by atoms with Gasteiger partial charge < -0.3 is 5.32 Å². The Kier molecular flexibility index (Phi) is 7.81. The summed E-state index contributed by atoms with van der Waals surface area (Å²) in [4.78, 5) is 30.7. The summed E-state index contributed by atoms with van der Waals surface area (Å²) in [5.74, 6) is -0.285. The van der Waals surface area contributed by atoms with Gasteiger partial charge in [-0.3, -0.25) is 14.9 Å². The summed E-state index contributed by atoms with van der Waals surface area (Å²) in [6, 6.07) is 7.46. The molecule has 156 valence electrons. The molecule has 2 aromatic rings. The number of rotatable bonds is 10. The molecule has 1 atom stereocenters. The number of aromatic nitrogens is 1. The molecule has 1 unspecified atom stereocenters. The minimum atomic E-state index is -0.189. The Balaban J connectivity index is 1.49. The molecule has 2 N–H and O–H groups in total. The first-order valence-corrected chi connectivity index (χ1v) is 11.6. The fourth-order valence-electron chi connectivity index (χ4n) is 3.65. The van der Waals surface area contributed by atoms with Crippen LogP contribution in [0, 0.1) is 6.92 Å². The summed E-state index contributed by atoms with van der Waals surface area (Å²) in [5.41, 5.74) is 2.57. The van der Waals surface area contributed by atoms with Crippen LogP contribution >= 0.6 is 11.3 Å². The molecule has 1 aliphatic carbocycles. The summed E-state index contributed by atoms with van der Waals surface area (Å²) in [7, 11) is 0. The van der Waals surface area contributed by atoms with Crippen LogP contribution in [0.5, 0.6) is 0 Å². The third-order valence-electron chi connectivity index (χ3n) is 5.40. The second kappa shape index (κ2) is 10.5. The van der Waals surface area contributed by atoms with E-state index in [0.717, 1.165) is 41.9 Å². The molecule has 2 amide bonds. The highest BCUT2D eigenvalue weighted by Crippen LogP contribution is 2.38. The maximum atomic E-state index is 12.6. The predicted octanol–water partition coefficient (Wildman–Crippen LogP) is 5.21.